The molecule has 0 fully saturated rings. The number of carbonyl (C=O) groups is 1. The van der Waals surface area contributed by atoms with Crippen LogP contribution in [0.15, 0.2) is 21.6 Å². The number of nitrogens with zero attached hydrogens (tertiary/aromatic N) is 1. The number of fused-ring (bicyclic) bond motifs is 1. The third kappa shape index (κ3) is 1.22. The number of amides is 1. The average Bonchev–Trinajstić information content (AvgIpc) is 2.35. The molecule has 1 aliphatic heterocycles. The highest BCUT2D eigenvalue weighted by Crippen LogP contribution is 2.25. The summed E-state index contributed by atoms with van der Waals surface area (Å²) < 4.78 is 2.04. The number of benzene rings is 1. The lowest BCUT2D eigenvalue weighted by Crippen LogP contribution is -1.93. The summed E-state index contributed by atoms with van der Waals surface area (Å²) in [7, 11) is 0. The van der Waals surface area contributed by atoms with Crippen LogP contribution in [0.1, 0.15) is 15.9 Å². The normalized spacial score (nSPS) is 13.7. The Balaban J connectivity index is 2.69. The van der Waals surface area contributed by atoms with Crippen LogP contribution in [0.5, 0.6) is 0 Å². The van der Waals surface area contributed by atoms with E-state index >= 15 is 0 Å². The molecule has 2 rings (SSSR count). The monoisotopic (exact) mass is 335 g/mol. The van der Waals surface area contributed by atoms with Gasteiger partial charge >= 0.3 is 0 Å². The van der Waals surface area contributed by atoms with E-state index in [9.17, 15) is 4.79 Å². The van der Waals surface area contributed by atoms with Crippen LogP contribution in [0.25, 0.3) is 0 Å². The Bertz CT molecular complexity index is 400. The van der Waals surface area contributed by atoms with Crippen LogP contribution in [0.2, 0.25) is 0 Å². The molecule has 12 heavy (non-hydrogen) atoms. The van der Waals surface area contributed by atoms with Crippen molar-refractivity contribution < 1.29 is 4.79 Å². The highest BCUT2D eigenvalue weighted by Gasteiger charge is 2.16. The minimum absolute atomic E-state index is 0.143. The summed E-state index contributed by atoms with van der Waals surface area (Å²) in [5.74, 6) is -0.143. The fraction of sp³-hybridized carbons (Fsp3) is 0. The number of halogens is 2. The van der Waals surface area contributed by atoms with Crippen LogP contribution in [0.4, 0.5) is 0 Å². The zero-order chi connectivity index (χ0) is 8.72. The largest absolute Gasteiger partial charge is 0.277 e. The molecule has 0 N–H and O–H groups in total. The van der Waals surface area contributed by atoms with E-state index in [0.29, 0.717) is 5.56 Å². The number of carbonyl (C=O) groups excluding carboxylic acids is 1. The molecule has 0 saturated heterocycles. The molecule has 0 spiro atoms. The minimum Gasteiger partial charge on any atom is -0.267 e. The zero-order valence-corrected chi connectivity index (χ0v) is 9.59. The van der Waals surface area contributed by atoms with Crippen molar-refractivity contribution in [1.82, 2.24) is 0 Å². The van der Waals surface area contributed by atoms with Crippen molar-refractivity contribution in [1.29, 1.82) is 0 Å². The fourth-order valence-electron chi connectivity index (χ4n) is 1.05. The molecule has 0 aliphatic carbocycles. The predicted molar refractivity (Wildman–Crippen MR) is 58.8 cm³/mol. The Hall–Kier alpha value is -0.230. The Morgan fingerprint density at radius 2 is 2.17 bits per heavy atom. The second-order valence-corrected chi connectivity index (χ2v) is 4.43. The lowest BCUT2D eigenvalue weighted by atomic mass is 10.1. The molecule has 0 aromatic heterocycles. The molecule has 1 heterocycles. The summed E-state index contributed by atoms with van der Waals surface area (Å²) in [5.41, 5.74) is 1.59. The summed E-state index contributed by atoms with van der Waals surface area (Å²) in [4.78, 5) is 14.8. The van der Waals surface area contributed by atoms with Gasteiger partial charge in [-0.05, 0) is 50.7 Å². The molecule has 0 atom stereocenters. The smallest absolute Gasteiger partial charge is 0.267 e. The Morgan fingerprint density at radius 1 is 1.42 bits per heavy atom. The van der Waals surface area contributed by atoms with Crippen molar-refractivity contribution in [2.45, 2.75) is 0 Å². The van der Waals surface area contributed by atoms with Crippen molar-refractivity contribution in [3.63, 3.8) is 0 Å². The third-order valence-electron chi connectivity index (χ3n) is 1.64. The molecular formula is C8H3BrINO. The summed E-state index contributed by atoms with van der Waals surface area (Å²) >= 11 is 5.56. The van der Waals surface area contributed by atoms with E-state index in [1.165, 1.54) is 0 Å². The second kappa shape index (κ2) is 2.92. The van der Waals surface area contributed by atoms with Crippen LogP contribution in [-0.2, 0) is 0 Å². The standard InChI is InChI=1S/C8H3BrINO/c9-6-1-4-3-11-8(12)5(4)2-7(6)10/h1-3H. The van der Waals surface area contributed by atoms with Gasteiger partial charge in [-0.1, -0.05) is 0 Å². The van der Waals surface area contributed by atoms with Gasteiger partial charge in [-0.25, -0.2) is 4.99 Å². The van der Waals surface area contributed by atoms with Crippen molar-refractivity contribution in [2.24, 2.45) is 4.99 Å². The first-order valence-electron chi connectivity index (χ1n) is 3.26. The van der Waals surface area contributed by atoms with Crippen molar-refractivity contribution in [3.8, 4) is 0 Å². The minimum atomic E-state index is -0.143. The molecule has 0 bridgehead atoms. The first-order chi connectivity index (χ1) is 5.68. The van der Waals surface area contributed by atoms with Gasteiger partial charge in [0.15, 0.2) is 0 Å². The highest BCUT2D eigenvalue weighted by atomic mass is 127. The number of rotatable bonds is 0. The van der Waals surface area contributed by atoms with E-state index in [1.54, 1.807) is 6.21 Å². The number of hydrogen-bond donors (Lipinski definition) is 0. The first kappa shape index (κ1) is 8.37. The molecule has 60 valence electrons. The molecule has 0 saturated carbocycles. The number of aliphatic imine (C=N–C) groups is 1. The van der Waals surface area contributed by atoms with Crippen LogP contribution in [-0.4, -0.2) is 12.1 Å². The molecule has 1 amide bonds. The van der Waals surface area contributed by atoms with E-state index in [0.717, 1.165) is 13.6 Å². The van der Waals surface area contributed by atoms with E-state index < -0.39 is 0 Å². The van der Waals surface area contributed by atoms with Crippen LogP contribution in [0, 0.1) is 3.57 Å². The quantitative estimate of drug-likeness (QED) is 0.670. The van der Waals surface area contributed by atoms with Gasteiger partial charge in [-0.15, -0.1) is 0 Å². The summed E-state index contributed by atoms with van der Waals surface area (Å²) in [6.07, 6.45) is 1.60. The van der Waals surface area contributed by atoms with E-state index in [-0.39, 0.29) is 5.91 Å². The van der Waals surface area contributed by atoms with Gasteiger partial charge in [-0.2, -0.15) is 0 Å². The molecule has 0 unspecified atom stereocenters. The van der Waals surface area contributed by atoms with Crippen LogP contribution >= 0.6 is 38.5 Å². The summed E-state index contributed by atoms with van der Waals surface area (Å²) in [6.45, 7) is 0. The molecule has 1 aromatic carbocycles. The molecule has 1 aliphatic rings. The van der Waals surface area contributed by atoms with Crippen LogP contribution < -0.4 is 0 Å². The van der Waals surface area contributed by atoms with Crippen LogP contribution in [0.3, 0.4) is 0 Å². The van der Waals surface area contributed by atoms with Gasteiger partial charge in [0.25, 0.3) is 5.91 Å². The van der Waals surface area contributed by atoms with Gasteiger partial charge < -0.3 is 0 Å². The Morgan fingerprint density at radius 3 is 2.92 bits per heavy atom. The first-order valence-corrected chi connectivity index (χ1v) is 5.13. The molecule has 4 heteroatoms. The van der Waals surface area contributed by atoms with Gasteiger partial charge in [0.05, 0.1) is 5.56 Å². The summed E-state index contributed by atoms with van der Waals surface area (Å²) in [6, 6.07) is 3.75. The third-order valence-corrected chi connectivity index (χ3v) is 3.93. The lowest BCUT2D eigenvalue weighted by Gasteiger charge is -1.98. The van der Waals surface area contributed by atoms with E-state index in [4.69, 9.17) is 0 Å². The van der Waals surface area contributed by atoms with E-state index in [1.807, 2.05) is 12.1 Å². The molecular weight excluding hydrogens is 333 g/mol. The number of hydrogen-bond acceptors (Lipinski definition) is 1. The highest BCUT2D eigenvalue weighted by molar-refractivity contribution is 14.1. The summed E-state index contributed by atoms with van der Waals surface area (Å²) in [5, 5.41) is 0. The average molecular weight is 336 g/mol. The van der Waals surface area contributed by atoms with Gasteiger partial charge in [0, 0.05) is 19.8 Å². The fourth-order valence-corrected chi connectivity index (χ4v) is 1.88. The lowest BCUT2D eigenvalue weighted by molar-refractivity contribution is 0.101. The Labute approximate surface area is 91.3 Å². The maximum atomic E-state index is 11.1. The maximum absolute atomic E-state index is 11.1. The van der Waals surface area contributed by atoms with Gasteiger partial charge in [0.2, 0.25) is 0 Å². The topological polar surface area (TPSA) is 29.4 Å². The molecule has 2 nitrogen and oxygen atoms in total. The maximum Gasteiger partial charge on any atom is 0.277 e. The van der Waals surface area contributed by atoms with Gasteiger partial charge in [0.1, 0.15) is 0 Å². The predicted octanol–water partition coefficient (Wildman–Crippen LogP) is 2.63. The van der Waals surface area contributed by atoms with Crippen molar-refractivity contribution in [3.05, 3.63) is 31.3 Å². The Kier molecular flexibility index (Phi) is 2.04. The van der Waals surface area contributed by atoms with Gasteiger partial charge in [-0.3, -0.25) is 4.79 Å². The SMILES string of the molecule is O=C1N=Cc2cc(Br)c(I)cc21. The van der Waals surface area contributed by atoms with Crippen molar-refractivity contribution >= 4 is 50.6 Å². The second-order valence-electron chi connectivity index (χ2n) is 2.42. The molecule has 0 radical (unpaired) electrons. The zero-order valence-electron chi connectivity index (χ0n) is 5.84. The van der Waals surface area contributed by atoms with E-state index in [2.05, 4.69) is 43.5 Å². The van der Waals surface area contributed by atoms with Crippen molar-refractivity contribution in [2.75, 3.05) is 0 Å². The molecule has 1 aromatic rings.